The van der Waals surface area contributed by atoms with Gasteiger partial charge < -0.3 is 25.0 Å². The van der Waals surface area contributed by atoms with E-state index in [1.165, 1.54) is 0 Å². The molecule has 39 heavy (non-hydrogen) atoms. The minimum absolute atomic E-state index is 0.184. The van der Waals surface area contributed by atoms with E-state index in [1.807, 2.05) is 60.2 Å². The maximum absolute atomic E-state index is 13.0. The molecule has 1 unspecified atom stereocenters. The molecular formula is C29H24BrN7O2. The van der Waals surface area contributed by atoms with Gasteiger partial charge in [0, 0.05) is 53.3 Å². The fourth-order valence-electron chi connectivity index (χ4n) is 4.64. The Morgan fingerprint density at radius 3 is 2.79 bits per heavy atom. The molecule has 0 aliphatic heterocycles. The Kier molecular flexibility index (Phi) is 6.55. The molecule has 0 saturated heterocycles. The Bertz CT molecular complexity index is 1830. The van der Waals surface area contributed by atoms with Gasteiger partial charge in [-0.3, -0.25) is 9.78 Å². The molecular weight excluding hydrogens is 558 g/mol. The normalized spacial score (nSPS) is 12.1. The summed E-state index contributed by atoms with van der Waals surface area (Å²) in [6, 6.07) is 15.4. The second-order valence-electron chi connectivity index (χ2n) is 9.22. The number of aromatic nitrogens is 6. The largest absolute Gasteiger partial charge is 0.387 e. The van der Waals surface area contributed by atoms with Gasteiger partial charge in [0.15, 0.2) is 0 Å². The summed E-state index contributed by atoms with van der Waals surface area (Å²) in [5.41, 5.74) is 6.76. The minimum Gasteiger partial charge on any atom is -0.387 e. The molecule has 0 spiro atoms. The Morgan fingerprint density at radius 1 is 1.10 bits per heavy atom. The van der Waals surface area contributed by atoms with Crippen LogP contribution < -0.4 is 10.9 Å². The third kappa shape index (κ3) is 4.99. The standard InChI is InChI=1S/C29H24BrN7O2/c1-17-9-22(37-8-7-32-16-37)13-24-27(17)36-28(35-24)26-23(4-6-33-29(26)39)34-15-25(38)20-10-19(11-21(30)12-20)18-3-2-5-31-14-18/h2-14,16,25,38H,15H2,1H3,(H,35,36)(H2,33,34,39). The van der Waals surface area contributed by atoms with E-state index in [9.17, 15) is 9.90 Å². The number of fused-ring (bicyclic) bond motifs is 1. The number of H-pyrrole nitrogens is 2. The van der Waals surface area contributed by atoms with E-state index >= 15 is 0 Å². The van der Waals surface area contributed by atoms with Crippen LogP contribution in [0.3, 0.4) is 0 Å². The molecule has 0 amide bonds. The van der Waals surface area contributed by atoms with Crippen LogP contribution >= 0.6 is 15.9 Å². The van der Waals surface area contributed by atoms with Crippen molar-refractivity contribution >= 4 is 32.7 Å². The number of aryl methyl sites for hydroxylation is 1. The summed E-state index contributed by atoms with van der Waals surface area (Å²) in [6.45, 7) is 2.17. The van der Waals surface area contributed by atoms with Crippen LogP contribution in [-0.2, 0) is 0 Å². The van der Waals surface area contributed by atoms with Crippen LogP contribution in [0.1, 0.15) is 17.2 Å². The highest BCUT2D eigenvalue weighted by molar-refractivity contribution is 9.10. The summed E-state index contributed by atoms with van der Waals surface area (Å²) in [7, 11) is 0. The zero-order valence-corrected chi connectivity index (χ0v) is 22.5. The second kappa shape index (κ2) is 10.3. The first kappa shape index (κ1) is 24.8. The molecule has 4 aromatic heterocycles. The maximum Gasteiger partial charge on any atom is 0.261 e. The van der Waals surface area contributed by atoms with Gasteiger partial charge in [-0.15, -0.1) is 0 Å². The molecule has 6 rings (SSSR count). The first-order chi connectivity index (χ1) is 19.0. The van der Waals surface area contributed by atoms with E-state index in [0.717, 1.165) is 43.4 Å². The Labute approximate surface area is 231 Å². The number of nitrogens with zero attached hydrogens (tertiary/aromatic N) is 4. The lowest BCUT2D eigenvalue weighted by molar-refractivity contribution is 0.191. The van der Waals surface area contributed by atoms with Crippen LogP contribution in [0.5, 0.6) is 0 Å². The zero-order valence-electron chi connectivity index (χ0n) is 20.9. The second-order valence-corrected chi connectivity index (χ2v) is 10.1. The van der Waals surface area contributed by atoms with E-state index in [-0.39, 0.29) is 12.1 Å². The van der Waals surface area contributed by atoms with Crippen molar-refractivity contribution in [3.8, 4) is 28.2 Å². The quantitative estimate of drug-likeness (QED) is 0.200. The van der Waals surface area contributed by atoms with Crippen LogP contribution in [0.15, 0.2) is 95.1 Å². The van der Waals surface area contributed by atoms with Crippen LogP contribution in [0.2, 0.25) is 0 Å². The molecule has 0 radical (unpaired) electrons. The summed E-state index contributed by atoms with van der Waals surface area (Å²) in [6.07, 6.45) is 9.58. The number of aliphatic hydroxyl groups excluding tert-OH is 1. The SMILES string of the molecule is Cc1cc(-n2ccnc2)cc2[nH]c(-c3c(NCC(O)c4cc(Br)cc(-c5cccnc5)c4)cc[nH]c3=O)nc12. The molecule has 2 aromatic carbocycles. The van der Waals surface area contributed by atoms with Crippen molar-refractivity contribution < 1.29 is 5.11 Å². The molecule has 0 aliphatic rings. The van der Waals surface area contributed by atoms with Crippen LogP contribution in [0.4, 0.5) is 5.69 Å². The lowest BCUT2D eigenvalue weighted by Gasteiger charge is -2.16. The molecule has 10 heteroatoms. The molecule has 0 bridgehead atoms. The maximum atomic E-state index is 13.0. The topological polar surface area (TPSA) is 125 Å². The smallest absolute Gasteiger partial charge is 0.261 e. The number of benzene rings is 2. The number of hydrogen-bond donors (Lipinski definition) is 4. The summed E-state index contributed by atoms with van der Waals surface area (Å²) in [5.74, 6) is 0.441. The van der Waals surface area contributed by atoms with Crippen molar-refractivity contribution in [3.05, 3.63) is 112 Å². The zero-order chi connectivity index (χ0) is 26.9. The van der Waals surface area contributed by atoms with Gasteiger partial charge in [-0.2, -0.15) is 0 Å². The molecule has 9 nitrogen and oxygen atoms in total. The lowest BCUT2D eigenvalue weighted by atomic mass is 10.0. The van der Waals surface area contributed by atoms with Crippen molar-refractivity contribution in [3.63, 3.8) is 0 Å². The number of nitrogens with one attached hydrogen (secondary N) is 3. The molecule has 0 fully saturated rings. The molecule has 4 heterocycles. The van der Waals surface area contributed by atoms with Crippen molar-refractivity contribution in [1.82, 2.24) is 29.5 Å². The van der Waals surface area contributed by atoms with Crippen LogP contribution in [0, 0.1) is 6.92 Å². The van der Waals surface area contributed by atoms with Crippen LogP contribution in [0.25, 0.3) is 39.2 Å². The highest BCUT2D eigenvalue weighted by Gasteiger charge is 2.18. The summed E-state index contributed by atoms with van der Waals surface area (Å²) in [5, 5.41) is 14.3. The van der Waals surface area contributed by atoms with Gasteiger partial charge in [-0.25, -0.2) is 9.97 Å². The highest BCUT2D eigenvalue weighted by atomic mass is 79.9. The monoisotopic (exact) mass is 581 g/mol. The van der Waals surface area contributed by atoms with E-state index in [2.05, 4.69) is 41.2 Å². The van der Waals surface area contributed by atoms with Crippen molar-refractivity contribution in [2.75, 3.05) is 11.9 Å². The third-order valence-electron chi connectivity index (χ3n) is 6.55. The number of imidazole rings is 2. The van der Waals surface area contributed by atoms with Gasteiger partial charge in [0.25, 0.3) is 5.56 Å². The van der Waals surface area contributed by atoms with E-state index in [4.69, 9.17) is 4.98 Å². The lowest BCUT2D eigenvalue weighted by Crippen LogP contribution is -2.17. The molecule has 0 aliphatic carbocycles. The molecule has 1 atom stereocenters. The third-order valence-corrected chi connectivity index (χ3v) is 7.01. The number of anilines is 1. The fourth-order valence-corrected chi connectivity index (χ4v) is 5.15. The highest BCUT2D eigenvalue weighted by Crippen LogP contribution is 2.30. The average molecular weight is 582 g/mol. The number of hydrogen-bond acceptors (Lipinski definition) is 6. The van der Waals surface area contributed by atoms with Gasteiger partial charge in [0.05, 0.1) is 29.2 Å². The summed E-state index contributed by atoms with van der Waals surface area (Å²) < 4.78 is 2.76. The van der Waals surface area contributed by atoms with Gasteiger partial charge in [0.1, 0.15) is 11.4 Å². The summed E-state index contributed by atoms with van der Waals surface area (Å²) in [4.78, 5) is 32.1. The number of halogens is 1. The number of aliphatic hydroxyl groups is 1. The number of aromatic amines is 2. The molecule has 194 valence electrons. The Morgan fingerprint density at radius 2 is 2.00 bits per heavy atom. The fraction of sp³-hybridized carbons (Fsp3) is 0.103. The van der Waals surface area contributed by atoms with Crippen molar-refractivity contribution in [1.29, 1.82) is 0 Å². The predicted molar refractivity (Wildman–Crippen MR) is 155 cm³/mol. The average Bonchev–Trinajstić information content (AvgIpc) is 3.63. The van der Waals surface area contributed by atoms with Gasteiger partial charge in [0.2, 0.25) is 0 Å². The van der Waals surface area contributed by atoms with Gasteiger partial charge >= 0.3 is 0 Å². The Hall–Kier alpha value is -4.54. The number of pyridine rings is 2. The van der Waals surface area contributed by atoms with E-state index in [1.54, 1.807) is 37.2 Å². The van der Waals surface area contributed by atoms with Gasteiger partial charge in [-0.05, 0) is 66.1 Å². The first-order valence-corrected chi connectivity index (χ1v) is 13.1. The minimum atomic E-state index is -0.833. The first-order valence-electron chi connectivity index (χ1n) is 12.3. The molecule has 6 aromatic rings. The van der Waals surface area contributed by atoms with Crippen molar-refractivity contribution in [2.24, 2.45) is 0 Å². The van der Waals surface area contributed by atoms with E-state index < -0.39 is 6.10 Å². The molecule has 4 N–H and O–H groups in total. The molecule has 0 saturated carbocycles. The van der Waals surface area contributed by atoms with Gasteiger partial charge in [-0.1, -0.05) is 22.0 Å². The van der Waals surface area contributed by atoms with Crippen molar-refractivity contribution in [2.45, 2.75) is 13.0 Å². The predicted octanol–water partition coefficient (Wildman–Crippen LogP) is 5.38. The number of rotatable bonds is 7. The summed E-state index contributed by atoms with van der Waals surface area (Å²) >= 11 is 3.55. The Balaban J connectivity index is 1.30. The van der Waals surface area contributed by atoms with Crippen LogP contribution in [-0.4, -0.2) is 41.1 Å². The van der Waals surface area contributed by atoms with E-state index in [0.29, 0.717) is 17.1 Å².